The minimum atomic E-state index is -0.606. The molecule has 0 heterocycles. The van der Waals surface area contributed by atoms with Crippen molar-refractivity contribution in [2.24, 2.45) is 5.73 Å². The molecule has 0 aliphatic carbocycles. The highest BCUT2D eigenvalue weighted by Crippen LogP contribution is 2.14. The number of hydrogen-bond donors (Lipinski definition) is 1. The topological polar surface area (TPSA) is 52.3 Å². The minimum Gasteiger partial charge on any atom is -0.459 e. The van der Waals surface area contributed by atoms with E-state index < -0.39 is 11.6 Å². The summed E-state index contributed by atoms with van der Waals surface area (Å²) in [5, 5.41) is 0. The van der Waals surface area contributed by atoms with Gasteiger partial charge in [0.2, 0.25) is 0 Å². The second kappa shape index (κ2) is 5.53. The molecule has 3 nitrogen and oxygen atoms in total. The number of esters is 1. The van der Waals surface area contributed by atoms with Crippen LogP contribution in [0, 0.1) is 13.8 Å². The fourth-order valence-corrected chi connectivity index (χ4v) is 1.77. The van der Waals surface area contributed by atoms with Crippen LogP contribution in [-0.2, 0) is 16.0 Å². The highest BCUT2D eigenvalue weighted by molar-refractivity contribution is 5.76. The van der Waals surface area contributed by atoms with Gasteiger partial charge in [-0.05, 0) is 52.2 Å². The Morgan fingerprint density at radius 1 is 1.33 bits per heavy atom. The normalized spacial score (nSPS) is 13.2. The quantitative estimate of drug-likeness (QED) is 0.837. The third kappa shape index (κ3) is 4.49. The molecule has 1 aromatic rings. The van der Waals surface area contributed by atoms with Gasteiger partial charge >= 0.3 is 5.97 Å². The van der Waals surface area contributed by atoms with Crippen LogP contribution >= 0.6 is 0 Å². The van der Waals surface area contributed by atoms with E-state index >= 15 is 0 Å². The molecule has 0 saturated carbocycles. The Morgan fingerprint density at radius 2 is 1.94 bits per heavy atom. The number of hydrogen-bond acceptors (Lipinski definition) is 3. The third-order valence-electron chi connectivity index (χ3n) is 2.65. The SMILES string of the molecule is Cc1ccc(CC(N)C(=O)OC(C)(C)C)c(C)c1. The molecule has 0 aromatic heterocycles. The van der Waals surface area contributed by atoms with Crippen LogP contribution in [0.25, 0.3) is 0 Å². The Balaban J connectivity index is 2.69. The van der Waals surface area contributed by atoms with E-state index in [9.17, 15) is 4.79 Å². The molecule has 1 atom stereocenters. The number of ether oxygens (including phenoxy) is 1. The second-order valence-corrected chi connectivity index (χ2v) is 5.77. The summed E-state index contributed by atoms with van der Waals surface area (Å²) < 4.78 is 5.27. The lowest BCUT2D eigenvalue weighted by Gasteiger charge is -2.22. The van der Waals surface area contributed by atoms with E-state index in [1.165, 1.54) is 5.56 Å². The van der Waals surface area contributed by atoms with Crippen molar-refractivity contribution in [3.05, 3.63) is 34.9 Å². The zero-order valence-electron chi connectivity index (χ0n) is 11.9. The number of nitrogens with two attached hydrogens (primary N) is 1. The van der Waals surface area contributed by atoms with Crippen molar-refractivity contribution in [1.82, 2.24) is 0 Å². The number of carbonyl (C=O) groups is 1. The van der Waals surface area contributed by atoms with E-state index in [0.717, 1.165) is 11.1 Å². The number of rotatable bonds is 3. The van der Waals surface area contributed by atoms with Gasteiger partial charge in [0, 0.05) is 0 Å². The Kier molecular flexibility index (Phi) is 4.52. The molecule has 1 aromatic carbocycles. The van der Waals surface area contributed by atoms with Gasteiger partial charge in [-0.1, -0.05) is 23.8 Å². The van der Waals surface area contributed by atoms with E-state index in [2.05, 4.69) is 6.07 Å². The molecule has 0 saturated heterocycles. The van der Waals surface area contributed by atoms with Gasteiger partial charge in [0.25, 0.3) is 0 Å². The molecule has 0 radical (unpaired) electrons. The van der Waals surface area contributed by atoms with Crippen LogP contribution in [0.5, 0.6) is 0 Å². The lowest BCUT2D eigenvalue weighted by molar-refractivity contribution is -0.156. The van der Waals surface area contributed by atoms with E-state index in [-0.39, 0.29) is 5.97 Å². The van der Waals surface area contributed by atoms with Crippen LogP contribution in [0.4, 0.5) is 0 Å². The number of aryl methyl sites for hydroxylation is 2. The summed E-state index contributed by atoms with van der Waals surface area (Å²) in [6.45, 7) is 9.60. The molecule has 100 valence electrons. The molecule has 18 heavy (non-hydrogen) atoms. The average Bonchev–Trinajstić information content (AvgIpc) is 2.19. The first-order valence-electron chi connectivity index (χ1n) is 6.23. The summed E-state index contributed by atoms with van der Waals surface area (Å²) >= 11 is 0. The summed E-state index contributed by atoms with van der Waals surface area (Å²) in [5.74, 6) is -0.345. The van der Waals surface area contributed by atoms with Gasteiger partial charge in [-0.2, -0.15) is 0 Å². The smallest absolute Gasteiger partial charge is 0.323 e. The molecule has 0 amide bonds. The van der Waals surface area contributed by atoms with E-state index in [0.29, 0.717) is 6.42 Å². The van der Waals surface area contributed by atoms with Gasteiger partial charge in [0.1, 0.15) is 11.6 Å². The molecular formula is C15H23NO2. The van der Waals surface area contributed by atoms with Gasteiger partial charge in [-0.25, -0.2) is 0 Å². The summed E-state index contributed by atoms with van der Waals surface area (Å²) in [5.41, 5.74) is 8.87. The molecule has 0 spiro atoms. The molecular weight excluding hydrogens is 226 g/mol. The van der Waals surface area contributed by atoms with Crippen LogP contribution < -0.4 is 5.73 Å². The van der Waals surface area contributed by atoms with Gasteiger partial charge in [0.15, 0.2) is 0 Å². The molecule has 3 heteroatoms. The molecule has 0 bridgehead atoms. The number of carbonyl (C=O) groups excluding carboxylic acids is 1. The highest BCUT2D eigenvalue weighted by Gasteiger charge is 2.22. The van der Waals surface area contributed by atoms with E-state index in [4.69, 9.17) is 10.5 Å². The molecule has 1 rings (SSSR count). The second-order valence-electron chi connectivity index (χ2n) is 5.77. The standard InChI is InChI=1S/C15H23NO2/c1-10-6-7-12(11(2)8-10)9-13(16)14(17)18-15(3,4)5/h6-8,13H,9,16H2,1-5H3. The monoisotopic (exact) mass is 249 g/mol. The van der Waals surface area contributed by atoms with Crippen LogP contribution in [0.2, 0.25) is 0 Å². The lowest BCUT2D eigenvalue weighted by atomic mass is 9.99. The summed E-state index contributed by atoms with van der Waals surface area (Å²) in [7, 11) is 0. The Hall–Kier alpha value is -1.35. The largest absolute Gasteiger partial charge is 0.459 e. The van der Waals surface area contributed by atoms with Crippen molar-refractivity contribution in [3.8, 4) is 0 Å². The van der Waals surface area contributed by atoms with Crippen LogP contribution in [-0.4, -0.2) is 17.6 Å². The van der Waals surface area contributed by atoms with Crippen LogP contribution in [0.1, 0.15) is 37.5 Å². The Labute approximate surface area is 109 Å². The van der Waals surface area contributed by atoms with E-state index in [1.807, 2.05) is 46.8 Å². The predicted molar refractivity (Wildman–Crippen MR) is 73.4 cm³/mol. The molecule has 2 N–H and O–H groups in total. The van der Waals surface area contributed by atoms with Crippen molar-refractivity contribution >= 4 is 5.97 Å². The van der Waals surface area contributed by atoms with Crippen molar-refractivity contribution in [3.63, 3.8) is 0 Å². The van der Waals surface area contributed by atoms with Crippen molar-refractivity contribution < 1.29 is 9.53 Å². The van der Waals surface area contributed by atoms with Crippen molar-refractivity contribution in [2.45, 2.75) is 52.7 Å². The highest BCUT2D eigenvalue weighted by atomic mass is 16.6. The molecule has 0 fully saturated rings. The zero-order chi connectivity index (χ0) is 13.9. The first-order valence-corrected chi connectivity index (χ1v) is 6.23. The van der Waals surface area contributed by atoms with E-state index in [1.54, 1.807) is 0 Å². The van der Waals surface area contributed by atoms with Crippen molar-refractivity contribution in [1.29, 1.82) is 0 Å². The lowest BCUT2D eigenvalue weighted by Crippen LogP contribution is -2.38. The fourth-order valence-electron chi connectivity index (χ4n) is 1.77. The van der Waals surface area contributed by atoms with Gasteiger partial charge in [-0.15, -0.1) is 0 Å². The maximum atomic E-state index is 11.8. The predicted octanol–water partition coefficient (Wildman–Crippen LogP) is 2.51. The maximum absolute atomic E-state index is 11.8. The Bertz CT molecular complexity index is 433. The average molecular weight is 249 g/mol. The Morgan fingerprint density at radius 3 is 2.44 bits per heavy atom. The first kappa shape index (κ1) is 14.7. The van der Waals surface area contributed by atoms with Crippen LogP contribution in [0.15, 0.2) is 18.2 Å². The fraction of sp³-hybridized carbons (Fsp3) is 0.533. The van der Waals surface area contributed by atoms with Gasteiger partial charge in [0.05, 0.1) is 0 Å². The summed E-state index contributed by atoms with van der Waals surface area (Å²) in [4.78, 5) is 11.8. The maximum Gasteiger partial charge on any atom is 0.323 e. The molecule has 0 aliphatic heterocycles. The third-order valence-corrected chi connectivity index (χ3v) is 2.65. The summed E-state index contributed by atoms with van der Waals surface area (Å²) in [6, 6.07) is 5.54. The van der Waals surface area contributed by atoms with Gasteiger partial charge in [-0.3, -0.25) is 4.79 Å². The molecule has 0 aliphatic rings. The van der Waals surface area contributed by atoms with Gasteiger partial charge < -0.3 is 10.5 Å². The number of benzene rings is 1. The summed E-state index contributed by atoms with van der Waals surface area (Å²) in [6.07, 6.45) is 0.515. The molecule has 1 unspecified atom stereocenters. The zero-order valence-corrected chi connectivity index (χ0v) is 11.9. The van der Waals surface area contributed by atoms with Crippen LogP contribution in [0.3, 0.4) is 0 Å². The minimum absolute atomic E-state index is 0.345. The van der Waals surface area contributed by atoms with Crippen molar-refractivity contribution in [2.75, 3.05) is 0 Å². The first-order chi connectivity index (χ1) is 8.19.